The van der Waals surface area contributed by atoms with Gasteiger partial charge in [-0.05, 0) is 61.8 Å². The van der Waals surface area contributed by atoms with E-state index in [1.165, 1.54) is 6.08 Å². The molecule has 10 heteroatoms. The second kappa shape index (κ2) is 13.9. The first-order valence-corrected chi connectivity index (χ1v) is 13.8. The van der Waals surface area contributed by atoms with E-state index in [-0.39, 0.29) is 18.6 Å². The smallest absolute Gasteiger partial charge is 0.324 e. The summed E-state index contributed by atoms with van der Waals surface area (Å²) in [5.41, 5.74) is 10.8. The van der Waals surface area contributed by atoms with E-state index in [4.69, 9.17) is 20.2 Å². The van der Waals surface area contributed by atoms with Crippen molar-refractivity contribution < 1.29 is 19.1 Å². The van der Waals surface area contributed by atoms with E-state index in [1.54, 1.807) is 24.1 Å². The Morgan fingerprint density at radius 2 is 1.90 bits per heavy atom. The first-order valence-electron chi connectivity index (χ1n) is 13.8. The zero-order chi connectivity index (χ0) is 30.2. The molecular weight excluding hydrogens is 532 g/mol. The standard InChI is InChI=1S/C32H38N6O4/c1-21(2)14-28(33)32(40)42-20-38-19-27(23-11-12-34-30(17-23)41-5)26-16-24(18-35-31(26)38)22-8-6-9-25(15-22)36-29(39)10-7-13-37(3)4/h6-12,15-19,21,28H,13-14,20,33H2,1-5H3,(H,36,39)/b10-7+/t28-/m0/s1. The Morgan fingerprint density at radius 1 is 1.10 bits per heavy atom. The molecule has 0 aliphatic carbocycles. The fourth-order valence-electron chi connectivity index (χ4n) is 4.52. The van der Waals surface area contributed by atoms with Gasteiger partial charge in [-0.15, -0.1) is 0 Å². The molecule has 3 aromatic heterocycles. The first kappa shape index (κ1) is 30.4. The average Bonchev–Trinajstić information content (AvgIpc) is 3.33. The number of rotatable bonds is 12. The first-order chi connectivity index (χ1) is 20.1. The maximum Gasteiger partial charge on any atom is 0.324 e. The predicted octanol–water partition coefficient (Wildman–Crippen LogP) is 4.70. The molecule has 10 nitrogen and oxygen atoms in total. The molecule has 0 aliphatic heterocycles. The number of methoxy groups -OCH3 is 1. The summed E-state index contributed by atoms with van der Waals surface area (Å²) in [7, 11) is 5.45. The molecule has 42 heavy (non-hydrogen) atoms. The lowest BCUT2D eigenvalue weighted by Crippen LogP contribution is -2.33. The number of aromatic nitrogens is 3. The van der Waals surface area contributed by atoms with Gasteiger partial charge in [0.05, 0.1) is 7.11 Å². The lowest BCUT2D eigenvalue weighted by atomic mass is 10.0. The van der Waals surface area contributed by atoms with Gasteiger partial charge in [0.15, 0.2) is 6.73 Å². The van der Waals surface area contributed by atoms with Gasteiger partial charge in [-0.1, -0.05) is 32.1 Å². The van der Waals surface area contributed by atoms with Gasteiger partial charge in [0.1, 0.15) is 11.7 Å². The van der Waals surface area contributed by atoms with Crippen molar-refractivity contribution >= 4 is 28.6 Å². The Bertz CT molecular complexity index is 1580. The molecule has 0 saturated carbocycles. The lowest BCUT2D eigenvalue weighted by Gasteiger charge is -2.14. The summed E-state index contributed by atoms with van der Waals surface area (Å²) in [6, 6.07) is 12.7. The van der Waals surface area contributed by atoms with E-state index >= 15 is 0 Å². The van der Waals surface area contributed by atoms with Crippen molar-refractivity contribution in [2.75, 3.05) is 33.1 Å². The minimum atomic E-state index is -0.688. The highest BCUT2D eigenvalue weighted by Gasteiger charge is 2.19. The Kier molecular flexibility index (Phi) is 10.1. The molecule has 0 saturated heterocycles. The fourth-order valence-corrected chi connectivity index (χ4v) is 4.52. The van der Waals surface area contributed by atoms with Crippen molar-refractivity contribution in [2.24, 2.45) is 11.7 Å². The Labute approximate surface area is 246 Å². The van der Waals surface area contributed by atoms with E-state index in [0.717, 1.165) is 27.6 Å². The third-order valence-electron chi connectivity index (χ3n) is 6.55. The van der Waals surface area contributed by atoms with Crippen LogP contribution in [0, 0.1) is 5.92 Å². The molecule has 0 spiro atoms. The van der Waals surface area contributed by atoms with Crippen LogP contribution in [0.25, 0.3) is 33.3 Å². The predicted molar refractivity (Wildman–Crippen MR) is 165 cm³/mol. The van der Waals surface area contributed by atoms with Gasteiger partial charge in [-0.2, -0.15) is 0 Å². The van der Waals surface area contributed by atoms with Crippen LogP contribution in [0.3, 0.4) is 0 Å². The van der Waals surface area contributed by atoms with Crippen LogP contribution in [0.1, 0.15) is 20.3 Å². The highest BCUT2D eigenvalue weighted by atomic mass is 16.5. The third-order valence-corrected chi connectivity index (χ3v) is 6.55. The topological polar surface area (TPSA) is 125 Å². The number of hydrogen-bond donors (Lipinski definition) is 2. The lowest BCUT2D eigenvalue weighted by molar-refractivity contribution is -0.149. The molecule has 1 aromatic carbocycles. The molecule has 0 fully saturated rings. The molecule has 1 atom stereocenters. The van der Waals surface area contributed by atoms with Gasteiger partial charge < -0.3 is 25.4 Å². The number of nitrogens with one attached hydrogen (secondary N) is 1. The minimum absolute atomic E-state index is 0.0292. The highest BCUT2D eigenvalue weighted by Crippen LogP contribution is 2.34. The maximum absolute atomic E-state index is 12.5. The van der Waals surface area contributed by atoms with Gasteiger partial charge in [0, 0.05) is 59.5 Å². The number of hydrogen-bond acceptors (Lipinski definition) is 8. The summed E-state index contributed by atoms with van der Waals surface area (Å²) < 4.78 is 12.7. The zero-order valence-electron chi connectivity index (χ0n) is 24.7. The van der Waals surface area contributed by atoms with Gasteiger partial charge in [0.25, 0.3) is 0 Å². The number of ether oxygens (including phenoxy) is 2. The Morgan fingerprint density at radius 3 is 2.64 bits per heavy atom. The number of benzene rings is 1. The summed E-state index contributed by atoms with van der Waals surface area (Å²) in [5.74, 6) is 0.104. The van der Waals surface area contributed by atoms with E-state index in [1.807, 2.05) is 87.6 Å². The number of esters is 1. The molecule has 4 aromatic rings. The van der Waals surface area contributed by atoms with Crippen LogP contribution >= 0.6 is 0 Å². The van der Waals surface area contributed by atoms with Crippen molar-refractivity contribution in [3.63, 3.8) is 0 Å². The van der Waals surface area contributed by atoms with Crippen LogP contribution in [0.5, 0.6) is 5.88 Å². The molecule has 0 bridgehead atoms. The van der Waals surface area contributed by atoms with E-state index < -0.39 is 12.0 Å². The van der Waals surface area contributed by atoms with Crippen LogP contribution in [-0.2, 0) is 21.1 Å². The average molecular weight is 571 g/mol. The number of likely N-dealkylation sites (N-methyl/N-ethyl adjacent to an activating group) is 1. The van der Waals surface area contributed by atoms with E-state index in [2.05, 4.69) is 10.3 Å². The number of nitrogens with two attached hydrogens (primary N) is 1. The number of amides is 1. The van der Waals surface area contributed by atoms with Crippen LogP contribution in [0.15, 0.2) is 73.2 Å². The second-order valence-corrected chi connectivity index (χ2v) is 10.8. The molecule has 4 rings (SSSR count). The number of fused-ring (bicyclic) bond motifs is 1. The molecule has 0 aliphatic rings. The number of anilines is 1. The van der Waals surface area contributed by atoms with E-state index in [0.29, 0.717) is 30.2 Å². The molecule has 1 amide bonds. The summed E-state index contributed by atoms with van der Waals surface area (Å²) in [4.78, 5) is 35.9. The molecule has 0 radical (unpaired) electrons. The number of carbonyl (C=O) groups is 2. The van der Waals surface area contributed by atoms with Gasteiger partial charge in [-0.25, -0.2) is 9.97 Å². The molecule has 3 N–H and O–H groups in total. The van der Waals surface area contributed by atoms with E-state index in [9.17, 15) is 9.59 Å². The van der Waals surface area contributed by atoms with Crippen molar-refractivity contribution in [1.29, 1.82) is 0 Å². The SMILES string of the molecule is COc1cc(-c2cn(COC(=O)[C@@H](N)CC(C)C)c3ncc(-c4cccc(NC(=O)/C=C/CN(C)C)c4)cc23)ccn1. The van der Waals surface area contributed by atoms with Crippen molar-refractivity contribution in [3.05, 3.63) is 73.2 Å². The van der Waals surface area contributed by atoms with Crippen molar-refractivity contribution in [2.45, 2.75) is 33.0 Å². The molecular formula is C32H38N6O4. The molecule has 3 heterocycles. The van der Waals surface area contributed by atoms with Crippen LogP contribution in [-0.4, -0.2) is 65.1 Å². The van der Waals surface area contributed by atoms with Crippen molar-refractivity contribution in [1.82, 2.24) is 19.4 Å². The second-order valence-electron chi connectivity index (χ2n) is 10.8. The van der Waals surface area contributed by atoms with Gasteiger partial charge >= 0.3 is 5.97 Å². The van der Waals surface area contributed by atoms with Gasteiger partial charge in [0.2, 0.25) is 11.8 Å². The van der Waals surface area contributed by atoms with Crippen LogP contribution in [0.4, 0.5) is 5.69 Å². The summed E-state index contributed by atoms with van der Waals surface area (Å²) in [6.07, 6.45) is 9.22. The normalized spacial score (nSPS) is 12.3. The van der Waals surface area contributed by atoms with Crippen LogP contribution < -0.4 is 15.8 Å². The fraction of sp³-hybridized carbons (Fsp3) is 0.312. The summed E-state index contributed by atoms with van der Waals surface area (Å²) >= 11 is 0. The monoisotopic (exact) mass is 570 g/mol. The van der Waals surface area contributed by atoms with Crippen LogP contribution in [0.2, 0.25) is 0 Å². The minimum Gasteiger partial charge on any atom is -0.481 e. The summed E-state index contributed by atoms with van der Waals surface area (Å²) in [5, 5.41) is 3.77. The maximum atomic E-state index is 12.5. The zero-order valence-corrected chi connectivity index (χ0v) is 24.7. The Balaban J connectivity index is 1.67. The quantitative estimate of drug-likeness (QED) is 0.185. The molecule has 0 unspecified atom stereocenters. The van der Waals surface area contributed by atoms with Gasteiger partial charge in [-0.3, -0.25) is 14.2 Å². The number of nitrogens with zero attached hydrogens (tertiary/aromatic N) is 4. The number of pyridine rings is 2. The number of carbonyl (C=O) groups excluding carboxylic acids is 2. The Hall–Kier alpha value is -4.54. The summed E-state index contributed by atoms with van der Waals surface area (Å²) in [6.45, 7) is 4.67. The van der Waals surface area contributed by atoms with Crippen molar-refractivity contribution in [3.8, 4) is 28.1 Å². The third kappa shape index (κ3) is 7.80. The highest BCUT2D eigenvalue weighted by molar-refractivity contribution is 6.00. The molecule has 220 valence electrons. The largest absolute Gasteiger partial charge is 0.481 e.